The van der Waals surface area contributed by atoms with E-state index in [4.69, 9.17) is 0 Å². The Bertz CT molecular complexity index is 204. The molecule has 0 spiro atoms. The third-order valence-corrected chi connectivity index (χ3v) is 4.04. The van der Waals surface area contributed by atoms with E-state index < -0.39 is 0 Å². The van der Waals surface area contributed by atoms with Crippen LogP contribution in [-0.4, -0.2) is 6.54 Å². The molecule has 0 unspecified atom stereocenters. The normalized spacial score (nSPS) is 11.5. The van der Waals surface area contributed by atoms with Gasteiger partial charge in [0.25, 0.3) is 0 Å². The summed E-state index contributed by atoms with van der Waals surface area (Å²) < 4.78 is 0. The Kier molecular flexibility index (Phi) is 19.3. The van der Waals surface area contributed by atoms with Gasteiger partial charge in [-0.25, -0.2) is 0 Å². The minimum atomic E-state index is 0.628. The first-order valence-electron chi connectivity index (χ1n) is 9.41. The summed E-state index contributed by atoms with van der Waals surface area (Å²) in [5, 5.41) is 10.0. The molecule has 2 nitrogen and oxygen atoms in total. The molecular formula is C19H38NO-. The van der Waals surface area contributed by atoms with Crippen molar-refractivity contribution in [2.75, 3.05) is 6.54 Å². The van der Waals surface area contributed by atoms with Crippen LogP contribution in [0.5, 0.6) is 0 Å². The van der Waals surface area contributed by atoms with Crippen molar-refractivity contribution in [3.8, 4) is 0 Å². The van der Waals surface area contributed by atoms with Crippen LogP contribution in [0.1, 0.15) is 103 Å². The number of rotatable bonds is 17. The van der Waals surface area contributed by atoms with Crippen molar-refractivity contribution in [1.29, 1.82) is 0 Å². The number of nitrogens with one attached hydrogen (secondary N) is 1. The van der Waals surface area contributed by atoms with Gasteiger partial charge in [0.05, 0.1) is 0 Å². The highest BCUT2D eigenvalue weighted by molar-refractivity contribution is 4.81. The van der Waals surface area contributed by atoms with E-state index in [0.717, 1.165) is 6.42 Å². The zero-order chi connectivity index (χ0) is 15.4. The molecule has 0 atom stereocenters. The van der Waals surface area contributed by atoms with Gasteiger partial charge in [0.1, 0.15) is 0 Å². The fourth-order valence-corrected chi connectivity index (χ4v) is 2.62. The molecule has 2 heteroatoms. The Balaban J connectivity index is 3.02. The minimum absolute atomic E-state index is 0.628. The summed E-state index contributed by atoms with van der Waals surface area (Å²) in [5.41, 5.74) is 1.96. The average Bonchev–Trinajstić information content (AvgIpc) is 2.50. The van der Waals surface area contributed by atoms with Crippen LogP contribution in [0, 0.1) is 5.21 Å². The molecule has 0 aliphatic rings. The van der Waals surface area contributed by atoms with Crippen molar-refractivity contribution in [1.82, 2.24) is 5.48 Å². The van der Waals surface area contributed by atoms with Crippen molar-refractivity contribution in [2.45, 2.75) is 103 Å². The van der Waals surface area contributed by atoms with Crippen LogP contribution in [0.15, 0.2) is 12.2 Å². The van der Waals surface area contributed by atoms with E-state index in [-0.39, 0.29) is 0 Å². The lowest BCUT2D eigenvalue weighted by molar-refractivity contribution is 0.575. The highest BCUT2D eigenvalue weighted by atomic mass is 16.5. The maximum atomic E-state index is 10.0. The first-order valence-corrected chi connectivity index (χ1v) is 9.41. The maximum Gasteiger partial charge on any atom is -0.0170 e. The Morgan fingerprint density at radius 2 is 1.05 bits per heavy atom. The van der Waals surface area contributed by atoms with E-state index in [1.54, 1.807) is 0 Å². The standard InChI is InChI=1S/C19H38NO/c1-2-3-4-5-6-7-8-9-10-11-12-13-14-15-16-17-18-19-20-21/h9-10,20H,2-8,11-19H2,1H3/q-1/b10-9-. The van der Waals surface area contributed by atoms with Crippen LogP contribution in [0.3, 0.4) is 0 Å². The van der Waals surface area contributed by atoms with Crippen LogP contribution in [0.2, 0.25) is 0 Å². The van der Waals surface area contributed by atoms with Gasteiger partial charge in [-0.15, -0.1) is 0 Å². The first kappa shape index (κ1) is 20.7. The Labute approximate surface area is 133 Å². The van der Waals surface area contributed by atoms with Gasteiger partial charge in [-0.3, -0.25) is 0 Å². The summed E-state index contributed by atoms with van der Waals surface area (Å²) in [4.78, 5) is 0. The predicted octanol–water partition coefficient (Wildman–Crippen LogP) is 6.50. The molecule has 0 aromatic carbocycles. The van der Waals surface area contributed by atoms with E-state index in [1.807, 2.05) is 5.48 Å². The average molecular weight is 297 g/mol. The second-order valence-corrected chi connectivity index (χ2v) is 6.19. The molecule has 0 saturated heterocycles. The van der Waals surface area contributed by atoms with Gasteiger partial charge in [-0.05, 0) is 38.6 Å². The summed E-state index contributed by atoms with van der Waals surface area (Å²) in [6, 6.07) is 0. The zero-order valence-corrected chi connectivity index (χ0v) is 14.4. The fourth-order valence-electron chi connectivity index (χ4n) is 2.62. The number of unbranched alkanes of at least 4 members (excludes halogenated alkanes) is 13. The van der Waals surface area contributed by atoms with E-state index in [0.29, 0.717) is 6.54 Å². The molecule has 21 heavy (non-hydrogen) atoms. The van der Waals surface area contributed by atoms with Crippen molar-refractivity contribution < 1.29 is 0 Å². The van der Waals surface area contributed by atoms with Crippen molar-refractivity contribution in [3.63, 3.8) is 0 Å². The summed E-state index contributed by atoms with van der Waals surface area (Å²) in [6.45, 7) is 2.90. The molecule has 0 radical (unpaired) electrons. The number of hydroxylamine groups is 1. The summed E-state index contributed by atoms with van der Waals surface area (Å²) in [6.07, 6.45) is 24.6. The fraction of sp³-hybridized carbons (Fsp3) is 0.895. The van der Waals surface area contributed by atoms with Crippen LogP contribution < -0.4 is 5.48 Å². The lowest BCUT2D eigenvalue weighted by atomic mass is 10.1. The summed E-state index contributed by atoms with van der Waals surface area (Å²) in [7, 11) is 0. The zero-order valence-electron chi connectivity index (χ0n) is 14.4. The van der Waals surface area contributed by atoms with E-state index >= 15 is 0 Å². The molecule has 0 aromatic rings. The molecule has 0 aromatic heterocycles. The molecule has 0 rings (SSSR count). The van der Waals surface area contributed by atoms with Crippen LogP contribution >= 0.6 is 0 Å². The molecule has 0 amide bonds. The van der Waals surface area contributed by atoms with Gasteiger partial charge >= 0.3 is 0 Å². The number of hydrogen-bond acceptors (Lipinski definition) is 2. The largest absolute Gasteiger partial charge is 0.788 e. The first-order chi connectivity index (χ1) is 10.4. The SMILES string of the molecule is CCCCCCCC/C=C\CCCCCCCCCN[O-]. The molecule has 0 bridgehead atoms. The highest BCUT2D eigenvalue weighted by Crippen LogP contribution is 2.10. The lowest BCUT2D eigenvalue weighted by Crippen LogP contribution is -2.04. The van der Waals surface area contributed by atoms with E-state index in [2.05, 4.69) is 19.1 Å². The third-order valence-electron chi connectivity index (χ3n) is 4.04. The molecule has 0 aliphatic heterocycles. The van der Waals surface area contributed by atoms with Gasteiger partial charge in [0, 0.05) is 0 Å². The monoisotopic (exact) mass is 296 g/mol. The predicted molar refractivity (Wildman–Crippen MR) is 95.4 cm³/mol. The highest BCUT2D eigenvalue weighted by Gasteiger charge is 1.91. The minimum Gasteiger partial charge on any atom is -0.788 e. The molecule has 1 N–H and O–H groups in total. The number of hydrogen-bond donors (Lipinski definition) is 1. The molecule has 0 heterocycles. The molecule has 0 fully saturated rings. The van der Waals surface area contributed by atoms with Crippen molar-refractivity contribution in [2.24, 2.45) is 0 Å². The quantitative estimate of drug-likeness (QED) is 0.189. The van der Waals surface area contributed by atoms with Gasteiger partial charge in [0.2, 0.25) is 0 Å². The van der Waals surface area contributed by atoms with E-state index in [1.165, 1.54) is 89.9 Å². The lowest BCUT2D eigenvalue weighted by Gasteiger charge is -2.06. The topological polar surface area (TPSA) is 35.1 Å². The molecular weight excluding hydrogens is 258 g/mol. The van der Waals surface area contributed by atoms with Gasteiger partial charge in [0.15, 0.2) is 0 Å². The van der Waals surface area contributed by atoms with Gasteiger partial charge in [-0.1, -0.05) is 83.3 Å². The summed E-state index contributed by atoms with van der Waals surface area (Å²) >= 11 is 0. The van der Waals surface area contributed by atoms with Gasteiger partial charge < -0.3 is 10.7 Å². The number of allylic oxidation sites excluding steroid dienone is 2. The third kappa shape index (κ3) is 19.7. The summed E-state index contributed by atoms with van der Waals surface area (Å²) in [5.74, 6) is 0. The second kappa shape index (κ2) is 19.7. The molecule has 0 saturated carbocycles. The van der Waals surface area contributed by atoms with Crippen molar-refractivity contribution >= 4 is 0 Å². The maximum absolute atomic E-state index is 10.0. The van der Waals surface area contributed by atoms with Crippen LogP contribution in [-0.2, 0) is 0 Å². The smallest absolute Gasteiger partial charge is 0.0170 e. The molecule has 0 aliphatic carbocycles. The second-order valence-electron chi connectivity index (χ2n) is 6.19. The Morgan fingerprint density at radius 1 is 0.619 bits per heavy atom. The Hall–Kier alpha value is -0.340. The molecule has 126 valence electrons. The van der Waals surface area contributed by atoms with Crippen LogP contribution in [0.4, 0.5) is 0 Å². The Morgan fingerprint density at radius 3 is 1.52 bits per heavy atom. The van der Waals surface area contributed by atoms with Gasteiger partial charge in [-0.2, -0.15) is 0 Å². The van der Waals surface area contributed by atoms with Crippen molar-refractivity contribution in [3.05, 3.63) is 17.4 Å². The van der Waals surface area contributed by atoms with Crippen LogP contribution in [0.25, 0.3) is 0 Å². The van der Waals surface area contributed by atoms with E-state index in [9.17, 15) is 5.21 Å².